The summed E-state index contributed by atoms with van der Waals surface area (Å²) in [6.45, 7) is 10.3. The van der Waals surface area contributed by atoms with Gasteiger partial charge in [0.15, 0.2) is 0 Å². The largest absolute Gasteiger partial charge is 0.492 e. The van der Waals surface area contributed by atoms with Crippen molar-refractivity contribution in [1.29, 1.82) is 5.26 Å². The second-order valence-corrected chi connectivity index (χ2v) is 7.51. The average Bonchev–Trinajstić information content (AvgIpc) is 2.65. The molecule has 0 saturated carbocycles. The van der Waals surface area contributed by atoms with Gasteiger partial charge in [0.05, 0.1) is 11.6 Å². The van der Waals surface area contributed by atoms with Gasteiger partial charge in [-0.1, -0.05) is 35.9 Å². The molecule has 0 bridgehead atoms. The summed E-state index contributed by atoms with van der Waals surface area (Å²) in [5.41, 5.74) is 5.34. The van der Waals surface area contributed by atoms with E-state index in [1.54, 1.807) is 0 Å². The molecule has 28 heavy (non-hydrogen) atoms. The lowest BCUT2D eigenvalue weighted by atomic mass is 9.96. The maximum Gasteiger partial charge on any atom is 0.125 e. The molecule has 5 heteroatoms. The predicted molar refractivity (Wildman–Crippen MR) is 117 cm³/mol. The standard InChI is InChI=1S/C23H29N3O.ClH/c1-18-14-19(2)23(27-13-12-26-10-8-25(3)9-11-26)22(15-18)16-20-6-4-5-7-21(20)17-24;/h4-7,14-15H,8-13,16H2,1-3H3;1H. The van der Waals surface area contributed by atoms with E-state index >= 15 is 0 Å². The van der Waals surface area contributed by atoms with Gasteiger partial charge in [-0.05, 0) is 43.7 Å². The Hall–Kier alpha value is -2.06. The van der Waals surface area contributed by atoms with Crippen LogP contribution in [0.15, 0.2) is 36.4 Å². The molecule has 0 aromatic heterocycles. The molecule has 0 amide bonds. The van der Waals surface area contributed by atoms with Crippen LogP contribution in [-0.4, -0.2) is 56.2 Å². The molecule has 0 spiro atoms. The quantitative estimate of drug-likeness (QED) is 0.740. The van der Waals surface area contributed by atoms with Gasteiger partial charge in [0.1, 0.15) is 12.4 Å². The first kappa shape index (κ1) is 22.2. The monoisotopic (exact) mass is 399 g/mol. The minimum atomic E-state index is 0. The number of ether oxygens (including phenoxy) is 1. The second-order valence-electron chi connectivity index (χ2n) is 7.51. The molecule has 0 aliphatic carbocycles. The zero-order chi connectivity index (χ0) is 19.2. The summed E-state index contributed by atoms with van der Waals surface area (Å²) in [5.74, 6) is 0.975. The molecule has 150 valence electrons. The number of likely N-dealkylation sites (N-methyl/N-ethyl adjacent to an activating group) is 1. The van der Waals surface area contributed by atoms with Crippen LogP contribution in [0.5, 0.6) is 5.75 Å². The van der Waals surface area contributed by atoms with Crippen molar-refractivity contribution in [3.8, 4) is 11.8 Å². The minimum Gasteiger partial charge on any atom is -0.492 e. The van der Waals surface area contributed by atoms with Crippen molar-refractivity contribution in [2.24, 2.45) is 0 Å². The van der Waals surface area contributed by atoms with E-state index in [4.69, 9.17) is 4.74 Å². The van der Waals surface area contributed by atoms with Crippen LogP contribution in [0.2, 0.25) is 0 Å². The Morgan fingerprint density at radius 1 is 1.04 bits per heavy atom. The Bertz CT molecular complexity index is 823. The topological polar surface area (TPSA) is 39.5 Å². The minimum absolute atomic E-state index is 0. The van der Waals surface area contributed by atoms with Crippen LogP contribution in [0.4, 0.5) is 0 Å². The van der Waals surface area contributed by atoms with Gasteiger partial charge in [-0.2, -0.15) is 5.26 Å². The van der Waals surface area contributed by atoms with Crippen LogP contribution >= 0.6 is 12.4 Å². The van der Waals surface area contributed by atoms with E-state index in [1.807, 2.05) is 24.3 Å². The third kappa shape index (κ3) is 5.72. The van der Waals surface area contributed by atoms with Gasteiger partial charge in [-0.15, -0.1) is 12.4 Å². The van der Waals surface area contributed by atoms with Crippen LogP contribution in [0.25, 0.3) is 0 Å². The Labute approximate surface area is 175 Å². The van der Waals surface area contributed by atoms with Crippen molar-refractivity contribution in [3.63, 3.8) is 0 Å². The summed E-state index contributed by atoms with van der Waals surface area (Å²) in [7, 11) is 2.18. The fourth-order valence-electron chi connectivity index (χ4n) is 3.72. The van der Waals surface area contributed by atoms with E-state index in [9.17, 15) is 5.26 Å². The van der Waals surface area contributed by atoms with Gasteiger partial charge in [0, 0.05) is 39.1 Å². The van der Waals surface area contributed by atoms with Crippen LogP contribution in [0, 0.1) is 25.2 Å². The molecular weight excluding hydrogens is 370 g/mol. The number of hydrogen-bond donors (Lipinski definition) is 0. The van der Waals surface area contributed by atoms with Crippen LogP contribution in [-0.2, 0) is 6.42 Å². The number of halogens is 1. The lowest BCUT2D eigenvalue weighted by Crippen LogP contribution is -2.45. The molecule has 3 rings (SSSR count). The third-order valence-corrected chi connectivity index (χ3v) is 5.26. The molecule has 1 fully saturated rings. The number of rotatable bonds is 6. The molecule has 0 N–H and O–H groups in total. The van der Waals surface area contributed by atoms with E-state index in [2.05, 4.69) is 48.9 Å². The summed E-state index contributed by atoms with van der Waals surface area (Å²) in [4.78, 5) is 4.83. The highest BCUT2D eigenvalue weighted by Crippen LogP contribution is 2.28. The maximum absolute atomic E-state index is 9.39. The van der Waals surface area contributed by atoms with E-state index in [-0.39, 0.29) is 12.4 Å². The molecule has 0 atom stereocenters. The molecule has 1 heterocycles. The van der Waals surface area contributed by atoms with E-state index < -0.39 is 0 Å². The second kappa shape index (κ2) is 10.5. The third-order valence-electron chi connectivity index (χ3n) is 5.26. The maximum atomic E-state index is 9.39. The fraction of sp³-hybridized carbons (Fsp3) is 0.435. The van der Waals surface area contributed by atoms with Gasteiger partial charge < -0.3 is 9.64 Å². The highest BCUT2D eigenvalue weighted by molar-refractivity contribution is 5.85. The lowest BCUT2D eigenvalue weighted by Gasteiger charge is -2.32. The van der Waals surface area contributed by atoms with Gasteiger partial charge in [-0.25, -0.2) is 0 Å². The van der Waals surface area contributed by atoms with Crippen LogP contribution in [0.1, 0.15) is 27.8 Å². The molecule has 1 aliphatic rings. The highest BCUT2D eigenvalue weighted by atomic mass is 35.5. The lowest BCUT2D eigenvalue weighted by molar-refractivity contribution is 0.133. The highest BCUT2D eigenvalue weighted by Gasteiger charge is 2.15. The van der Waals surface area contributed by atoms with E-state index in [0.717, 1.165) is 67.1 Å². The number of piperazine rings is 1. The van der Waals surface area contributed by atoms with Crippen molar-refractivity contribution < 1.29 is 4.74 Å². The normalized spacial score (nSPS) is 14.9. The molecule has 1 aliphatic heterocycles. The van der Waals surface area contributed by atoms with Gasteiger partial charge in [0.25, 0.3) is 0 Å². The Kier molecular flexibility index (Phi) is 8.32. The number of aryl methyl sites for hydroxylation is 2. The van der Waals surface area contributed by atoms with E-state index in [0.29, 0.717) is 6.61 Å². The summed E-state index contributed by atoms with van der Waals surface area (Å²) in [6.07, 6.45) is 0.718. The molecule has 4 nitrogen and oxygen atoms in total. The summed E-state index contributed by atoms with van der Waals surface area (Å²) < 4.78 is 6.26. The smallest absolute Gasteiger partial charge is 0.125 e. The zero-order valence-corrected chi connectivity index (χ0v) is 17.9. The Morgan fingerprint density at radius 2 is 1.75 bits per heavy atom. The predicted octanol–water partition coefficient (Wildman–Crippen LogP) is 3.81. The Morgan fingerprint density at radius 3 is 2.46 bits per heavy atom. The SMILES string of the molecule is Cc1cc(C)c(OCCN2CCN(C)CC2)c(Cc2ccccc2C#N)c1.Cl. The number of nitriles is 1. The van der Waals surface area contributed by atoms with Crippen molar-refractivity contribution in [2.75, 3.05) is 46.4 Å². The molecular formula is C23H30ClN3O. The van der Waals surface area contributed by atoms with Crippen LogP contribution < -0.4 is 4.74 Å². The first-order valence-electron chi connectivity index (χ1n) is 9.68. The zero-order valence-electron chi connectivity index (χ0n) is 17.1. The van der Waals surface area contributed by atoms with Gasteiger partial charge >= 0.3 is 0 Å². The first-order valence-corrected chi connectivity index (χ1v) is 9.68. The van der Waals surface area contributed by atoms with E-state index in [1.165, 1.54) is 5.56 Å². The average molecular weight is 400 g/mol. The Balaban J connectivity index is 0.00000280. The van der Waals surface area contributed by atoms with Gasteiger partial charge in [0.2, 0.25) is 0 Å². The number of nitrogens with zero attached hydrogens (tertiary/aromatic N) is 3. The number of benzene rings is 2. The summed E-state index contributed by atoms with van der Waals surface area (Å²) in [5, 5.41) is 9.39. The van der Waals surface area contributed by atoms with Crippen molar-refractivity contribution in [1.82, 2.24) is 9.80 Å². The van der Waals surface area contributed by atoms with Crippen molar-refractivity contribution >= 4 is 12.4 Å². The molecule has 0 radical (unpaired) electrons. The molecule has 0 unspecified atom stereocenters. The molecule has 2 aromatic rings. The first-order chi connectivity index (χ1) is 13.1. The van der Waals surface area contributed by atoms with Crippen LogP contribution in [0.3, 0.4) is 0 Å². The fourth-order valence-corrected chi connectivity index (χ4v) is 3.72. The number of hydrogen-bond acceptors (Lipinski definition) is 4. The molecule has 1 saturated heterocycles. The summed E-state index contributed by atoms with van der Waals surface area (Å²) in [6, 6.07) is 14.5. The van der Waals surface area contributed by atoms with Crippen molar-refractivity contribution in [2.45, 2.75) is 20.3 Å². The summed E-state index contributed by atoms with van der Waals surface area (Å²) >= 11 is 0. The molecule has 2 aromatic carbocycles. The van der Waals surface area contributed by atoms with Crippen molar-refractivity contribution in [3.05, 3.63) is 64.2 Å². The van der Waals surface area contributed by atoms with Gasteiger partial charge in [-0.3, -0.25) is 4.90 Å².